The SMILES string of the molecule is COc1c(OC[C@H](O)CN2C[C@@H](C)O[C@@H](C)C2)ccc2c3n(c(=NC(=O)c4cccnc4)nc12)CCN3. The van der Waals surface area contributed by atoms with Gasteiger partial charge in [0, 0.05) is 50.5 Å². The Bertz CT molecular complexity index is 1330. The summed E-state index contributed by atoms with van der Waals surface area (Å²) in [6, 6.07) is 7.07. The Balaban J connectivity index is 1.42. The summed E-state index contributed by atoms with van der Waals surface area (Å²) in [5.74, 6) is 1.25. The number of hydrogen-bond donors (Lipinski definition) is 2. The van der Waals surface area contributed by atoms with Crippen molar-refractivity contribution in [2.75, 3.05) is 45.2 Å². The van der Waals surface area contributed by atoms with Gasteiger partial charge in [-0.25, -0.2) is 4.98 Å². The fourth-order valence-corrected chi connectivity index (χ4v) is 4.96. The third-order valence-electron chi connectivity index (χ3n) is 6.41. The summed E-state index contributed by atoms with van der Waals surface area (Å²) in [5.41, 5.74) is 1.17. The number of pyridine rings is 1. The normalized spacial score (nSPS) is 20.9. The van der Waals surface area contributed by atoms with Crippen LogP contribution in [0.4, 0.5) is 5.82 Å². The van der Waals surface area contributed by atoms with Crippen molar-refractivity contribution in [3.05, 3.63) is 47.8 Å². The second kappa shape index (κ2) is 10.8. The Morgan fingerprint density at radius 2 is 2.11 bits per heavy atom. The molecule has 37 heavy (non-hydrogen) atoms. The van der Waals surface area contributed by atoms with E-state index < -0.39 is 12.0 Å². The minimum absolute atomic E-state index is 0.0939. The molecule has 4 heterocycles. The van der Waals surface area contributed by atoms with Crippen molar-refractivity contribution in [1.29, 1.82) is 0 Å². The zero-order chi connectivity index (χ0) is 25.9. The quantitative estimate of drug-likeness (QED) is 0.488. The van der Waals surface area contributed by atoms with Gasteiger partial charge >= 0.3 is 0 Å². The molecule has 11 heteroatoms. The Kier molecular flexibility index (Phi) is 7.36. The van der Waals surface area contributed by atoms with E-state index in [-0.39, 0.29) is 24.4 Å². The number of anilines is 1. The molecule has 0 unspecified atom stereocenters. The number of aliphatic hydroxyl groups excluding tert-OH is 1. The van der Waals surface area contributed by atoms with Crippen LogP contribution in [0.3, 0.4) is 0 Å². The predicted octanol–water partition coefficient (Wildman–Crippen LogP) is 1.46. The van der Waals surface area contributed by atoms with Crippen molar-refractivity contribution in [1.82, 2.24) is 19.4 Å². The molecule has 2 aliphatic heterocycles. The Morgan fingerprint density at radius 3 is 2.84 bits per heavy atom. The first-order valence-electron chi connectivity index (χ1n) is 12.5. The average molecular weight is 509 g/mol. The highest BCUT2D eigenvalue weighted by Gasteiger charge is 2.25. The number of β-amino-alcohol motifs (C(OH)–C–C–N with tert-alkyl or cyclic N) is 1. The van der Waals surface area contributed by atoms with E-state index in [1.54, 1.807) is 25.4 Å². The maximum atomic E-state index is 12.8. The van der Waals surface area contributed by atoms with E-state index in [9.17, 15) is 9.90 Å². The standard InChI is InChI=1S/C26H32N6O5/c1-16-12-31(13-17(2)37-16)14-19(33)15-36-21-7-6-20-22(23(21)35-3)29-26(32-10-9-28-24(20)32)30-25(34)18-5-4-8-27-11-18/h4-8,11,16-17,19,28,33H,9-10,12-15H2,1-3H3/t16-,17+,19-/m1/s1. The topological polar surface area (TPSA) is 123 Å². The van der Waals surface area contributed by atoms with Gasteiger partial charge in [0.25, 0.3) is 5.91 Å². The number of nitrogens with one attached hydrogen (secondary N) is 1. The third kappa shape index (κ3) is 5.43. The molecular formula is C26H32N6O5. The molecule has 0 radical (unpaired) electrons. The van der Waals surface area contributed by atoms with Gasteiger partial charge in [-0.3, -0.25) is 19.2 Å². The van der Waals surface area contributed by atoms with Crippen LogP contribution in [-0.2, 0) is 11.3 Å². The number of nitrogens with zero attached hydrogens (tertiary/aromatic N) is 5. The number of carbonyl (C=O) groups excluding carboxylic acids is 1. The molecule has 11 nitrogen and oxygen atoms in total. The molecule has 3 atom stereocenters. The Labute approximate surface area is 214 Å². The Morgan fingerprint density at radius 1 is 1.30 bits per heavy atom. The van der Waals surface area contributed by atoms with Crippen molar-refractivity contribution < 1.29 is 24.1 Å². The first-order valence-corrected chi connectivity index (χ1v) is 12.5. The molecule has 2 N–H and O–H groups in total. The minimum atomic E-state index is -0.689. The Hall–Kier alpha value is -3.54. The fraction of sp³-hybridized carbons (Fsp3) is 0.462. The maximum absolute atomic E-state index is 12.8. The van der Waals surface area contributed by atoms with Crippen LogP contribution in [0.15, 0.2) is 41.7 Å². The van der Waals surface area contributed by atoms with Crippen molar-refractivity contribution in [2.24, 2.45) is 4.99 Å². The number of methoxy groups -OCH3 is 1. The van der Waals surface area contributed by atoms with Gasteiger partial charge in [-0.05, 0) is 38.1 Å². The number of carbonyl (C=O) groups is 1. The van der Waals surface area contributed by atoms with Crippen LogP contribution < -0.4 is 20.4 Å². The summed E-state index contributed by atoms with van der Waals surface area (Å²) in [6.07, 6.45) is 2.65. The molecule has 3 aromatic rings. The first-order chi connectivity index (χ1) is 17.9. The molecule has 1 saturated heterocycles. The molecule has 0 aliphatic carbocycles. The number of ether oxygens (including phenoxy) is 3. The molecular weight excluding hydrogens is 476 g/mol. The van der Waals surface area contributed by atoms with E-state index in [1.807, 2.05) is 30.5 Å². The van der Waals surface area contributed by atoms with Crippen LogP contribution in [0.5, 0.6) is 11.5 Å². The van der Waals surface area contributed by atoms with Crippen molar-refractivity contribution in [3.63, 3.8) is 0 Å². The molecule has 1 fully saturated rings. The lowest BCUT2D eigenvalue weighted by molar-refractivity contribution is -0.0787. The van der Waals surface area contributed by atoms with Gasteiger partial charge in [0.1, 0.15) is 24.0 Å². The molecule has 1 amide bonds. The van der Waals surface area contributed by atoms with E-state index in [1.165, 1.54) is 6.20 Å². The number of hydrogen-bond acceptors (Lipinski definition) is 9. The summed E-state index contributed by atoms with van der Waals surface area (Å²) < 4.78 is 19.4. The lowest BCUT2D eigenvalue weighted by Gasteiger charge is -2.36. The number of rotatable bonds is 7. The molecule has 0 spiro atoms. The van der Waals surface area contributed by atoms with Gasteiger partial charge in [-0.1, -0.05) is 0 Å². The van der Waals surface area contributed by atoms with E-state index in [2.05, 4.69) is 20.2 Å². The molecule has 196 valence electrons. The van der Waals surface area contributed by atoms with E-state index in [0.717, 1.165) is 24.3 Å². The summed E-state index contributed by atoms with van der Waals surface area (Å²) >= 11 is 0. The zero-order valence-corrected chi connectivity index (χ0v) is 21.3. The number of benzene rings is 1. The minimum Gasteiger partial charge on any atom is -0.491 e. The molecule has 0 saturated carbocycles. The van der Waals surface area contributed by atoms with Gasteiger partial charge in [0.05, 0.1) is 24.9 Å². The molecule has 0 bridgehead atoms. The third-order valence-corrected chi connectivity index (χ3v) is 6.41. The highest BCUT2D eigenvalue weighted by atomic mass is 16.5. The van der Waals surface area contributed by atoms with Crippen LogP contribution >= 0.6 is 0 Å². The largest absolute Gasteiger partial charge is 0.491 e. The summed E-state index contributed by atoms with van der Waals surface area (Å²) in [6.45, 7) is 7.50. The maximum Gasteiger partial charge on any atom is 0.281 e. The van der Waals surface area contributed by atoms with Gasteiger partial charge < -0.3 is 24.6 Å². The number of amides is 1. The highest BCUT2D eigenvalue weighted by Crippen LogP contribution is 2.37. The molecule has 2 aromatic heterocycles. The van der Waals surface area contributed by atoms with Crippen LogP contribution in [0.25, 0.3) is 10.9 Å². The first kappa shape index (κ1) is 25.1. The van der Waals surface area contributed by atoms with Gasteiger partial charge in [-0.2, -0.15) is 4.99 Å². The van der Waals surface area contributed by atoms with Crippen LogP contribution in [0.2, 0.25) is 0 Å². The second-order valence-electron chi connectivity index (χ2n) is 9.43. The molecule has 1 aromatic carbocycles. The number of morpholine rings is 1. The van der Waals surface area contributed by atoms with Crippen LogP contribution in [-0.4, -0.2) is 88.7 Å². The smallest absolute Gasteiger partial charge is 0.281 e. The second-order valence-corrected chi connectivity index (χ2v) is 9.43. The van der Waals surface area contributed by atoms with Crippen LogP contribution in [0.1, 0.15) is 24.2 Å². The highest BCUT2D eigenvalue weighted by molar-refractivity contribution is 5.96. The van der Waals surface area contributed by atoms with Gasteiger partial charge in [0.2, 0.25) is 5.62 Å². The van der Waals surface area contributed by atoms with Crippen molar-refractivity contribution in [3.8, 4) is 11.5 Å². The van der Waals surface area contributed by atoms with E-state index >= 15 is 0 Å². The lowest BCUT2D eigenvalue weighted by Crippen LogP contribution is -2.48. The van der Waals surface area contributed by atoms with E-state index in [0.29, 0.717) is 42.2 Å². The molecule has 2 aliphatic rings. The summed E-state index contributed by atoms with van der Waals surface area (Å²) in [7, 11) is 1.54. The number of aromatic nitrogens is 3. The summed E-state index contributed by atoms with van der Waals surface area (Å²) in [5, 5.41) is 14.8. The number of aliphatic hydroxyl groups is 1. The molecule has 5 rings (SSSR count). The van der Waals surface area contributed by atoms with Crippen molar-refractivity contribution >= 4 is 22.6 Å². The van der Waals surface area contributed by atoms with Gasteiger partial charge in [-0.15, -0.1) is 0 Å². The van der Waals surface area contributed by atoms with Crippen LogP contribution in [0, 0.1) is 0 Å². The lowest BCUT2D eigenvalue weighted by atomic mass is 10.2. The monoisotopic (exact) mass is 508 g/mol. The average Bonchev–Trinajstić information content (AvgIpc) is 3.38. The summed E-state index contributed by atoms with van der Waals surface area (Å²) in [4.78, 5) is 28.0. The fourth-order valence-electron chi connectivity index (χ4n) is 4.96. The zero-order valence-electron chi connectivity index (χ0n) is 21.3. The predicted molar refractivity (Wildman–Crippen MR) is 137 cm³/mol. The van der Waals surface area contributed by atoms with Gasteiger partial charge in [0.15, 0.2) is 11.5 Å². The number of fused-ring (bicyclic) bond motifs is 3. The van der Waals surface area contributed by atoms with Crippen molar-refractivity contribution in [2.45, 2.75) is 38.7 Å². The van der Waals surface area contributed by atoms with E-state index in [4.69, 9.17) is 19.2 Å².